The summed E-state index contributed by atoms with van der Waals surface area (Å²) in [6.07, 6.45) is 0. The third kappa shape index (κ3) is 2.28. The molecule has 0 aliphatic carbocycles. The van der Waals surface area contributed by atoms with Gasteiger partial charge in [0.15, 0.2) is 5.76 Å². The largest absolute Gasteiger partial charge is 0.460 e. The lowest BCUT2D eigenvalue weighted by Crippen LogP contribution is -2.21. The highest BCUT2D eigenvalue weighted by atomic mass is 32.1. The summed E-state index contributed by atoms with van der Waals surface area (Å²) < 4.78 is 5.59. The highest BCUT2D eigenvalue weighted by Crippen LogP contribution is 2.34. The second kappa shape index (κ2) is 4.27. The fourth-order valence-corrected chi connectivity index (χ4v) is 2.55. The molecule has 2 aromatic heterocycles. The zero-order chi connectivity index (χ0) is 12.6. The molecule has 0 unspecified atom stereocenters. The average Bonchev–Trinajstić information content (AvgIpc) is 2.85. The Morgan fingerprint density at radius 3 is 2.59 bits per heavy atom. The van der Waals surface area contributed by atoms with E-state index in [1.807, 2.05) is 39.8 Å². The Hall–Kier alpha value is -1.13. The number of furan rings is 1. The van der Waals surface area contributed by atoms with E-state index in [1.165, 1.54) is 0 Å². The van der Waals surface area contributed by atoms with Crippen molar-refractivity contribution in [3.8, 4) is 11.5 Å². The van der Waals surface area contributed by atoms with Gasteiger partial charge in [-0.2, -0.15) is 0 Å². The molecule has 0 amide bonds. The number of hydrogen-bond donors (Lipinski definition) is 1. The highest BCUT2D eigenvalue weighted by molar-refractivity contribution is 7.12. The number of hydrogen-bond acceptors (Lipinski definition) is 4. The van der Waals surface area contributed by atoms with Crippen molar-refractivity contribution in [1.82, 2.24) is 4.98 Å². The SMILES string of the molecule is Cc1ccc(-c2nc(C(C)(C)CO)sc2C)o1. The Morgan fingerprint density at radius 1 is 1.35 bits per heavy atom. The van der Waals surface area contributed by atoms with Crippen LogP contribution in [0.1, 0.15) is 29.5 Å². The van der Waals surface area contributed by atoms with Crippen LogP contribution < -0.4 is 0 Å². The number of aryl methyl sites for hydroxylation is 2. The Balaban J connectivity index is 2.44. The van der Waals surface area contributed by atoms with Crippen molar-refractivity contribution in [2.75, 3.05) is 6.61 Å². The average molecular weight is 251 g/mol. The van der Waals surface area contributed by atoms with E-state index in [0.29, 0.717) is 0 Å². The lowest BCUT2D eigenvalue weighted by Gasteiger charge is -2.17. The van der Waals surface area contributed by atoms with Crippen LogP contribution in [-0.4, -0.2) is 16.7 Å². The molecule has 0 fully saturated rings. The minimum atomic E-state index is -0.296. The highest BCUT2D eigenvalue weighted by Gasteiger charge is 2.25. The van der Waals surface area contributed by atoms with E-state index < -0.39 is 0 Å². The molecule has 4 heteroatoms. The second-order valence-corrected chi connectivity index (χ2v) is 6.08. The molecule has 0 aromatic carbocycles. The summed E-state index contributed by atoms with van der Waals surface area (Å²) in [6, 6.07) is 3.87. The van der Waals surface area contributed by atoms with Crippen LogP contribution in [0.4, 0.5) is 0 Å². The molecule has 2 rings (SSSR count). The number of nitrogens with zero attached hydrogens (tertiary/aromatic N) is 1. The first kappa shape index (κ1) is 12.3. The first-order valence-electron chi connectivity index (χ1n) is 5.59. The van der Waals surface area contributed by atoms with Crippen LogP contribution in [-0.2, 0) is 5.41 Å². The maximum Gasteiger partial charge on any atom is 0.153 e. The molecule has 0 saturated heterocycles. The van der Waals surface area contributed by atoms with E-state index in [-0.39, 0.29) is 12.0 Å². The lowest BCUT2D eigenvalue weighted by molar-refractivity contribution is 0.218. The molecule has 0 bridgehead atoms. The molecule has 3 nitrogen and oxygen atoms in total. The van der Waals surface area contributed by atoms with Gasteiger partial charge in [0, 0.05) is 10.3 Å². The van der Waals surface area contributed by atoms with Crippen LogP contribution in [0.5, 0.6) is 0 Å². The number of thiazole rings is 1. The van der Waals surface area contributed by atoms with Gasteiger partial charge in [0.1, 0.15) is 16.5 Å². The van der Waals surface area contributed by atoms with Gasteiger partial charge in [-0.05, 0) is 26.0 Å². The minimum absolute atomic E-state index is 0.0938. The smallest absolute Gasteiger partial charge is 0.153 e. The summed E-state index contributed by atoms with van der Waals surface area (Å²) >= 11 is 1.62. The summed E-state index contributed by atoms with van der Waals surface area (Å²) in [5.74, 6) is 1.69. The van der Waals surface area contributed by atoms with Crippen LogP contribution in [0, 0.1) is 13.8 Å². The predicted octanol–water partition coefficient (Wildman–Crippen LogP) is 3.29. The summed E-state index contributed by atoms with van der Waals surface area (Å²) in [6.45, 7) is 8.02. The number of aliphatic hydroxyl groups is 1. The number of aromatic nitrogens is 1. The zero-order valence-corrected chi connectivity index (χ0v) is 11.4. The van der Waals surface area contributed by atoms with E-state index in [1.54, 1.807) is 11.3 Å². The van der Waals surface area contributed by atoms with Crippen LogP contribution in [0.25, 0.3) is 11.5 Å². The number of rotatable bonds is 3. The van der Waals surface area contributed by atoms with Gasteiger partial charge in [-0.25, -0.2) is 4.98 Å². The maximum absolute atomic E-state index is 9.37. The molecule has 2 aromatic rings. The lowest BCUT2D eigenvalue weighted by atomic mass is 9.96. The predicted molar refractivity (Wildman–Crippen MR) is 69.4 cm³/mol. The molecular weight excluding hydrogens is 234 g/mol. The van der Waals surface area contributed by atoms with Crippen molar-refractivity contribution in [3.63, 3.8) is 0 Å². The van der Waals surface area contributed by atoms with Crippen molar-refractivity contribution in [1.29, 1.82) is 0 Å². The van der Waals surface area contributed by atoms with Crippen molar-refractivity contribution >= 4 is 11.3 Å². The molecule has 0 aliphatic rings. The second-order valence-electron chi connectivity index (χ2n) is 4.88. The Kier molecular flexibility index (Phi) is 3.10. The third-order valence-corrected chi connectivity index (χ3v) is 4.08. The zero-order valence-electron chi connectivity index (χ0n) is 10.6. The van der Waals surface area contributed by atoms with Gasteiger partial charge >= 0.3 is 0 Å². The van der Waals surface area contributed by atoms with Crippen molar-refractivity contribution in [2.45, 2.75) is 33.1 Å². The molecule has 17 heavy (non-hydrogen) atoms. The molecule has 0 radical (unpaired) electrons. The molecule has 0 saturated carbocycles. The van der Waals surface area contributed by atoms with Gasteiger partial charge in [0.25, 0.3) is 0 Å². The molecule has 0 atom stereocenters. The van der Waals surface area contributed by atoms with Gasteiger partial charge in [-0.15, -0.1) is 11.3 Å². The summed E-state index contributed by atoms with van der Waals surface area (Å²) in [7, 11) is 0. The Labute approximate surface area is 105 Å². The third-order valence-electron chi connectivity index (χ3n) is 2.74. The Bertz CT molecular complexity index is 525. The fourth-order valence-electron chi connectivity index (χ4n) is 1.54. The van der Waals surface area contributed by atoms with Crippen LogP contribution in [0.15, 0.2) is 16.5 Å². The summed E-state index contributed by atoms with van der Waals surface area (Å²) in [5, 5.41) is 10.3. The summed E-state index contributed by atoms with van der Waals surface area (Å²) in [4.78, 5) is 5.72. The molecule has 0 aliphatic heterocycles. The monoisotopic (exact) mass is 251 g/mol. The van der Waals surface area contributed by atoms with E-state index in [2.05, 4.69) is 4.98 Å². The molecule has 1 N–H and O–H groups in total. The first-order chi connectivity index (χ1) is 7.94. The van der Waals surface area contributed by atoms with E-state index in [4.69, 9.17) is 4.42 Å². The fraction of sp³-hybridized carbons (Fsp3) is 0.462. The van der Waals surface area contributed by atoms with Crippen LogP contribution in [0.2, 0.25) is 0 Å². The molecule has 2 heterocycles. The minimum Gasteiger partial charge on any atom is -0.460 e. The first-order valence-corrected chi connectivity index (χ1v) is 6.41. The summed E-state index contributed by atoms with van der Waals surface area (Å²) in [5.41, 5.74) is 0.592. The normalized spacial score (nSPS) is 12.1. The van der Waals surface area contributed by atoms with Gasteiger partial charge in [-0.3, -0.25) is 0 Å². The van der Waals surface area contributed by atoms with Gasteiger partial charge in [0.2, 0.25) is 0 Å². The topological polar surface area (TPSA) is 46.3 Å². The quantitative estimate of drug-likeness (QED) is 0.910. The van der Waals surface area contributed by atoms with Gasteiger partial charge in [0.05, 0.1) is 6.61 Å². The van der Waals surface area contributed by atoms with Crippen LogP contribution >= 0.6 is 11.3 Å². The van der Waals surface area contributed by atoms with Crippen molar-refractivity contribution < 1.29 is 9.52 Å². The standard InChI is InChI=1S/C13H17NO2S/c1-8-5-6-10(16-8)11-9(2)17-12(14-11)13(3,4)7-15/h5-6,15H,7H2,1-4H3. The van der Waals surface area contributed by atoms with Gasteiger partial charge in [-0.1, -0.05) is 13.8 Å². The molecule has 0 spiro atoms. The van der Waals surface area contributed by atoms with Crippen molar-refractivity contribution in [3.05, 3.63) is 27.8 Å². The van der Waals surface area contributed by atoms with E-state index in [9.17, 15) is 5.11 Å². The molecule has 92 valence electrons. The van der Waals surface area contributed by atoms with Crippen molar-refractivity contribution in [2.24, 2.45) is 0 Å². The van der Waals surface area contributed by atoms with E-state index in [0.717, 1.165) is 27.1 Å². The maximum atomic E-state index is 9.37. The van der Waals surface area contributed by atoms with Gasteiger partial charge < -0.3 is 9.52 Å². The number of aliphatic hydroxyl groups excluding tert-OH is 1. The molecular formula is C13H17NO2S. The van der Waals surface area contributed by atoms with E-state index >= 15 is 0 Å². The Morgan fingerprint density at radius 2 is 2.06 bits per heavy atom. The van der Waals surface area contributed by atoms with Crippen LogP contribution in [0.3, 0.4) is 0 Å².